The van der Waals surface area contributed by atoms with E-state index < -0.39 is 0 Å². The topological polar surface area (TPSA) is 106 Å². The molecule has 6 nitrogen and oxygen atoms in total. The SMILES string of the molecule is Cl.NC(=S)/N=C(N)/N=C(\N)N1CCCC1. The minimum atomic E-state index is -0.0412. The molecule has 1 fully saturated rings. The van der Waals surface area contributed by atoms with Crippen LogP contribution in [0.1, 0.15) is 12.8 Å². The van der Waals surface area contributed by atoms with Crippen molar-refractivity contribution in [1.29, 1.82) is 0 Å². The number of hydrogen-bond acceptors (Lipinski definition) is 1. The van der Waals surface area contributed by atoms with Gasteiger partial charge in [-0.15, -0.1) is 12.4 Å². The van der Waals surface area contributed by atoms with Gasteiger partial charge in [-0.3, -0.25) is 0 Å². The molecular formula is C7H15ClN6S. The van der Waals surface area contributed by atoms with Crippen molar-refractivity contribution >= 4 is 41.7 Å². The molecule has 15 heavy (non-hydrogen) atoms. The molecule has 0 saturated carbocycles. The van der Waals surface area contributed by atoms with Gasteiger partial charge in [0, 0.05) is 13.1 Å². The summed E-state index contributed by atoms with van der Waals surface area (Å²) in [5.74, 6) is 0.377. The van der Waals surface area contributed by atoms with Crippen LogP contribution in [0.15, 0.2) is 9.98 Å². The Labute approximate surface area is 100 Å². The van der Waals surface area contributed by atoms with E-state index in [0.717, 1.165) is 25.9 Å². The summed E-state index contributed by atoms with van der Waals surface area (Å²) in [5, 5.41) is -0.0412. The zero-order chi connectivity index (χ0) is 10.6. The molecule has 1 heterocycles. The number of aliphatic imine (C=N–C) groups is 2. The smallest absolute Gasteiger partial charge is 0.225 e. The molecule has 6 N–H and O–H groups in total. The molecule has 0 aromatic carbocycles. The molecule has 0 aromatic heterocycles. The summed E-state index contributed by atoms with van der Waals surface area (Å²) in [5.41, 5.74) is 16.3. The molecular weight excluding hydrogens is 236 g/mol. The normalized spacial score (nSPS) is 17.5. The molecule has 86 valence electrons. The number of nitrogens with zero attached hydrogens (tertiary/aromatic N) is 3. The highest BCUT2D eigenvalue weighted by Crippen LogP contribution is 2.05. The zero-order valence-electron chi connectivity index (χ0n) is 8.22. The maximum atomic E-state index is 5.69. The van der Waals surface area contributed by atoms with E-state index in [2.05, 4.69) is 22.2 Å². The fourth-order valence-electron chi connectivity index (χ4n) is 1.27. The summed E-state index contributed by atoms with van der Waals surface area (Å²) in [6.07, 6.45) is 2.26. The summed E-state index contributed by atoms with van der Waals surface area (Å²) >= 11 is 4.55. The van der Waals surface area contributed by atoms with Gasteiger partial charge in [-0.25, -0.2) is 0 Å². The number of guanidine groups is 2. The number of thiocarbonyl (C=S) groups is 1. The summed E-state index contributed by atoms with van der Waals surface area (Å²) in [7, 11) is 0. The summed E-state index contributed by atoms with van der Waals surface area (Å²) < 4.78 is 0. The minimum Gasteiger partial charge on any atom is -0.374 e. The van der Waals surface area contributed by atoms with E-state index in [0.29, 0.717) is 5.96 Å². The quantitative estimate of drug-likeness (QED) is 0.302. The molecule has 0 spiro atoms. The van der Waals surface area contributed by atoms with Gasteiger partial charge in [-0.2, -0.15) is 9.98 Å². The first kappa shape index (κ1) is 13.9. The molecule has 0 atom stereocenters. The van der Waals surface area contributed by atoms with Crippen LogP contribution in [0.25, 0.3) is 0 Å². The number of nitrogens with two attached hydrogens (primary N) is 3. The van der Waals surface area contributed by atoms with Crippen LogP contribution in [0, 0.1) is 0 Å². The lowest BCUT2D eigenvalue weighted by molar-refractivity contribution is 0.514. The van der Waals surface area contributed by atoms with Gasteiger partial charge in [-0.05, 0) is 25.1 Å². The Morgan fingerprint density at radius 3 is 2.07 bits per heavy atom. The van der Waals surface area contributed by atoms with Crippen molar-refractivity contribution in [2.75, 3.05) is 13.1 Å². The minimum absolute atomic E-state index is 0. The van der Waals surface area contributed by atoms with Crippen LogP contribution in [-0.4, -0.2) is 35.0 Å². The van der Waals surface area contributed by atoms with Crippen LogP contribution in [0.2, 0.25) is 0 Å². The summed E-state index contributed by atoms with van der Waals surface area (Å²) in [4.78, 5) is 9.42. The molecule has 0 unspecified atom stereocenters. The maximum absolute atomic E-state index is 5.69. The molecule has 0 amide bonds. The average Bonchev–Trinajstić information content (AvgIpc) is 2.53. The first-order valence-electron chi connectivity index (χ1n) is 4.32. The van der Waals surface area contributed by atoms with Gasteiger partial charge in [0.25, 0.3) is 0 Å². The molecule has 0 radical (unpaired) electrons. The maximum Gasteiger partial charge on any atom is 0.225 e. The molecule has 0 aliphatic carbocycles. The largest absolute Gasteiger partial charge is 0.374 e. The second-order valence-electron chi connectivity index (χ2n) is 2.97. The Kier molecular flexibility index (Phi) is 5.95. The van der Waals surface area contributed by atoms with Crippen LogP contribution < -0.4 is 17.2 Å². The monoisotopic (exact) mass is 250 g/mol. The number of likely N-dealkylation sites (tertiary alicyclic amines) is 1. The fourth-order valence-corrected chi connectivity index (χ4v) is 1.37. The molecule has 0 bridgehead atoms. The molecule has 1 saturated heterocycles. The Hall–Kier alpha value is -1.08. The van der Waals surface area contributed by atoms with Gasteiger partial charge < -0.3 is 22.1 Å². The van der Waals surface area contributed by atoms with Crippen molar-refractivity contribution in [3.8, 4) is 0 Å². The van der Waals surface area contributed by atoms with Crippen LogP contribution in [-0.2, 0) is 0 Å². The molecule has 0 aromatic rings. The van der Waals surface area contributed by atoms with Gasteiger partial charge in [-0.1, -0.05) is 0 Å². The van der Waals surface area contributed by atoms with E-state index in [4.69, 9.17) is 17.2 Å². The second-order valence-corrected chi connectivity index (χ2v) is 3.39. The standard InChI is InChI=1S/C7H14N6S.ClH/c8-5(12-7(10)14)11-6(9)13-3-1-2-4-13;/h1-4H2,(H6,8,9,10,11,12,14);1H. The summed E-state index contributed by atoms with van der Waals surface area (Å²) in [6, 6.07) is 0. The lowest BCUT2D eigenvalue weighted by Gasteiger charge is -2.15. The lowest BCUT2D eigenvalue weighted by atomic mass is 10.4. The van der Waals surface area contributed by atoms with E-state index in [1.54, 1.807) is 0 Å². The van der Waals surface area contributed by atoms with E-state index in [1.165, 1.54) is 0 Å². The predicted molar refractivity (Wildman–Crippen MR) is 68.1 cm³/mol. The highest BCUT2D eigenvalue weighted by Gasteiger charge is 2.13. The lowest BCUT2D eigenvalue weighted by Crippen LogP contribution is -2.36. The molecule has 1 rings (SSSR count). The third-order valence-electron chi connectivity index (χ3n) is 1.88. The highest BCUT2D eigenvalue weighted by molar-refractivity contribution is 7.80. The number of hydrogen-bond donors (Lipinski definition) is 3. The van der Waals surface area contributed by atoms with E-state index >= 15 is 0 Å². The average molecular weight is 251 g/mol. The number of halogens is 1. The van der Waals surface area contributed by atoms with E-state index in [1.807, 2.05) is 4.90 Å². The van der Waals surface area contributed by atoms with E-state index in [-0.39, 0.29) is 23.5 Å². The van der Waals surface area contributed by atoms with Gasteiger partial charge >= 0.3 is 0 Å². The third kappa shape index (κ3) is 4.80. The second kappa shape index (κ2) is 6.41. The first-order chi connectivity index (χ1) is 6.59. The van der Waals surface area contributed by atoms with Crippen LogP contribution >= 0.6 is 24.6 Å². The van der Waals surface area contributed by atoms with Crippen molar-refractivity contribution < 1.29 is 0 Å². The molecule has 1 aliphatic rings. The van der Waals surface area contributed by atoms with Crippen LogP contribution in [0.3, 0.4) is 0 Å². The third-order valence-corrected chi connectivity index (χ3v) is 1.98. The van der Waals surface area contributed by atoms with Crippen molar-refractivity contribution in [1.82, 2.24) is 4.90 Å². The van der Waals surface area contributed by atoms with Crippen LogP contribution in [0.4, 0.5) is 0 Å². The molecule has 1 aliphatic heterocycles. The van der Waals surface area contributed by atoms with Crippen LogP contribution in [0.5, 0.6) is 0 Å². The van der Waals surface area contributed by atoms with Gasteiger partial charge in [0.05, 0.1) is 0 Å². The van der Waals surface area contributed by atoms with Crippen molar-refractivity contribution in [3.63, 3.8) is 0 Å². The Bertz CT molecular complexity index is 283. The van der Waals surface area contributed by atoms with Crippen molar-refractivity contribution in [2.45, 2.75) is 12.8 Å². The van der Waals surface area contributed by atoms with E-state index in [9.17, 15) is 0 Å². The van der Waals surface area contributed by atoms with Crippen molar-refractivity contribution in [2.24, 2.45) is 27.2 Å². The highest BCUT2D eigenvalue weighted by atomic mass is 35.5. The Balaban J connectivity index is 0.00000196. The van der Waals surface area contributed by atoms with Gasteiger partial charge in [0.2, 0.25) is 5.96 Å². The predicted octanol–water partition coefficient (Wildman–Crippen LogP) is -0.623. The summed E-state index contributed by atoms with van der Waals surface area (Å²) in [6.45, 7) is 1.82. The first-order valence-corrected chi connectivity index (χ1v) is 4.73. The molecule has 8 heteroatoms. The van der Waals surface area contributed by atoms with Gasteiger partial charge in [0.1, 0.15) is 0 Å². The zero-order valence-corrected chi connectivity index (χ0v) is 9.85. The number of rotatable bonds is 0. The van der Waals surface area contributed by atoms with Gasteiger partial charge in [0.15, 0.2) is 11.1 Å². The fraction of sp³-hybridized carbons (Fsp3) is 0.571. The van der Waals surface area contributed by atoms with Crippen molar-refractivity contribution in [3.05, 3.63) is 0 Å². The Morgan fingerprint density at radius 2 is 1.60 bits per heavy atom. The Morgan fingerprint density at radius 1 is 1.07 bits per heavy atom.